The highest BCUT2D eigenvalue weighted by Gasteiger charge is 2.46. The number of hydrogen-bond donors (Lipinski definition) is 1. The van der Waals surface area contributed by atoms with E-state index in [2.05, 4.69) is 10.4 Å². The Morgan fingerprint density at radius 3 is 2.48 bits per heavy atom. The molecular formula is C19H20ClN3O4. The second-order valence-electron chi connectivity index (χ2n) is 6.89. The summed E-state index contributed by atoms with van der Waals surface area (Å²) in [6.45, 7) is 4.68. The molecule has 142 valence electrons. The highest BCUT2D eigenvalue weighted by Crippen LogP contribution is 2.39. The number of carbonyl (C=O) groups is 2. The number of aryl methyl sites for hydroxylation is 2. The molecule has 7 nitrogen and oxygen atoms in total. The topological polar surface area (TPSA) is 82.5 Å². The van der Waals surface area contributed by atoms with Gasteiger partial charge in [-0.3, -0.25) is 9.59 Å². The van der Waals surface area contributed by atoms with Crippen LogP contribution >= 0.6 is 11.6 Å². The Labute approximate surface area is 161 Å². The molecule has 0 bridgehead atoms. The minimum Gasteiger partial charge on any atom is -0.416 e. The van der Waals surface area contributed by atoms with E-state index < -0.39 is 17.7 Å². The van der Waals surface area contributed by atoms with Crippen molar-refractivity contribution in [2.75, 3.05) is 13.1 Å². The molecule has 0 aliphatic carbocycles. The largest absolute Gasteiger partial charge is 0.416 e. The molecule has 8 heteroatoms. The number of nitrogens with zero attached hydrogens (tertiary/aromatic N) is 2. The lowest BCUT2D eigenvalue weighted by atomic mass is 9.96. The van der Waals surface area contributed by atoms with Crippen LogP contribution in [0.15, 0.2) is 18.2 Å². The first kappa shape index (κ1) is 18.0. The van der Waals surface area contributed by atoms with Gasteiger partial charge in [-0.15, -0.1) is 0 Å². The van der Waals surface area contributed by atoms with E-state index >= 15 is 0 Å². The number of carbonyl (C=O) groups excluding carboxylic acids is 2. The molecule has 3 heterocycles. The SMILES string of the molecule is Cc1cc(C)n(-c2c(Cl)ccc3c2CCNCC32OC(=O)CCC(=O)O2)n1. The molecule has 1 fully saturated rings. The summed E-state index contributed by atoms with van der Waals surface area (Å²) >= 11 is 6.55. The van der Waals surface area contributed by atoms with E-state index in [9.17, 15) is 9.59 Å². The van der Waals surface area contributed by atoms with Gasteiger partial charge in [-0.25, -0.2) is 4.68 Å². The molecule has 0 amide bonds. The van der Waals surface area contributed by atoms with Crippen LogP contribution in [0.3, 0.4) is 0 Å². The fourth-order valence-electron chi connectivity index (χ4n) is 3.74. The second-order valence-corrected chi connectivity index (χ2v) is 7.30. The minimum absolute atomic E-state index is 0.00776. The van der Waals surface area contributed by atoms with E-state index in [1.54, 1.807) is 16.8 Å². The van der Waals surface area contributed by atoms with E-state index in [4.69, 9.17) is 21.1 Å². The number of fused-ring (bicyclic) bond motifs is 2. The predicted molar refractivity (Wildman–Crippen MR) is 97.7 cm³/mol. The van der Waals surface area contributed by atoms with Crippen molar-refractivity contribution in [3.63, 3.8) is 0 Å². The minimum atomic E-state index is -1.49. The fourth-order valence-corrected chi connectivity index (χ4v) is 4.00. The van der Waals surface area contributed by atoms with Gasteiger partial charge in [0, 0.05) is 11.3 Å². The number of hydrogen-bond acceptors (Lipinski definition) is 6. The zero-order valence-corrected chi connectivity index (χ0v) is 15.9. The molecule has 0 atom stereocenters. The van der Waals surface area contributed by atoms with Gasteiger partial charge in [-0.2, -0.15) is 5.10 Å². The first-order valence-electron chi connectivity index (χ1n) is 8.89. The van der Waals surface area contributed by atoms with Gasteiger partial charge < -0.3 is 14.8 Å². The van der Waals surface area contributed by atoms with Crippen molar-refractivity contribution < 1.29 is 19.1 Å². The number of rotatable bonds is 1. The van der Waals surface area contributed by atoms with E-state index in [1.165, 1.54) is 0 Å². The third-order valence-corrected chi connectivity index (χ3v) is 5.17. The van der Waals surface area contributed by atoms with Crippen LogP contribution in [0.2, 0.25) is 5.02 Å². The smallest absolute Gasteiger partial charge is 0.309 e. The zero-order chi connectivity index (χ0) is 19.2. The number of halogens is 1. The predicted octanol–water partition coefficient (Wildman–Crippen LogP) is 2.32. The molecule has 0 saturated carbocycles. The molecule has 1 saturated heterocycles. The lowest BCUT2D eigenvalue weighted by Crippen LogP contribution is -2.43. The van der Waals surface area contributed by atoms with E-state index in [1.807, 2.05) is 19.9 Å². The van der Waals surface area contributed by atoms with Crippen LogP contribution in [0.5, 0.6) is 0 Å². The molecule has 1 spiro atoms. The van der Waals surface area contributed by atoms with Crippen LogP contribution in [0.1, 0.15) is 35.4 Å². The lowest BCUT2D eigenvalue weighted by molar-refractivity contribution is -0.225. The van der Waals surface area contributed by atoms with E-state index in [-0.39, 0.29) is 19.4 Å². The molecule has 0 unspecified atom stereocenters. The van der Waals surface area contributed by atoms with Crippen molar-refractivity contribution in [3.05, 3.63) is 45.7 Å². The molecule has 27 heavy (non-hydrogen) atoms. The van der Waals surface area contributed by atoms with Crippen LogP contribution < -0.4 is 5.32 Å². The van der Waals surface area contributed by atoms with Crippen molar-refractivity contribution in [3.8, 4) is 5.69 Å². The summed E-state index contributed by atoms with van der Waals surface area (Å²) in [5.74, 6) is -2.41. The molecular weight excluding hydrogens is 370 g/mol. The standard InChI is InChI=1S/C19H20ClN3O4/c1-11-9-12(2)23(22-11)18-13-7-8-21-10-19(14(13)3-4-15(18)20)26-16(24)5-6-17(25)27-19/h3-4,9,21H,5-8,10H2,1-2H3. The van der Waals surface area contributed by atoms with Gasteiger partial charge in [0.15, 0.2) is 0 Å². The Hall–Kier alpha value is -2.38. The van der Waals surface area contributed by atoms with Crippen LogP contribution in [0.25, 0.3) is 5.69 Å². The second kappa shape index (κ2) is 6.65. The Morgan fingerprint density at radius 1 is 1.15 bits per heavy atom. The van der Waals surface area contributed by atoms with Crippen molar-refractivity contribution in [1.82, 2.24) is 15.1 Å². The van der Waals surface area contributed by atoms with Gasteiger partial charge in [0.05, 0.1) is 35.8 Å². The van der Waals surface area contributed by atoms with Crippen LogP contribution in [0.4, 0.5) is 0 Å². The molecule has 2 aliphatic rings. The quantitative estimate of drug-likeness (QED) is 0.754. The number of benzene rings is 1. The van der Waals surface area contributed by atoms with E-state index in [0.717, 1.165) is 22.6 Å². The normalized spacial score (nSPS) is 19.1. The molecule has 1 aromatic heterocycles. The maximum atomic E-state index is 12.2. The van der Waals surface area contributed by atoms with Crippen molar-refractivity contribution >= 4 is 23.5 Å². The number of aromatic nitrogens is 2. The number of esters is 2. The highest BCUT2D eigenvalue weighted by atomic mass is 35.5. The highest BCUT2D eigenvalue weighted by molar-refractivity contribution is 6.32. The maximum absolute atomic E-state index is 12.2. The van der Waals surface area contributed by atoms with Crippen molar-refractivity contribution in [1.29, 1.82) is 0 Å². The van der Waals surface area contributed by atoms with Crippen LogP contribution in [-0.4, -0.2) is 34.8 Å². The van der Waals surface area contributed by atoms with Crippen molar-refractivity contribution in [2.45, 2.75) is 38.9 Å². The number of ether oxygens (including phenoxy) is 2. The maximum Gasteiger partial charge on any atom is 0.309 e. The van der Waals surface area contributed by atoms with Crippen LogP contribution in [-0.2, 0) is 31.3 Å². The summed E-state index contributed by atoms with van der Waals surface area (Å²) in [7, 11) is 0. The van der Waals surface area contributed by atoms with Gasteiger partial charge in [-0.1, -0.05) is 11.6 Å². The monoisotopic (exact) mass is 389 g/mol. The van der Waals surface area contributed by atoms with Crippen molar-refractivity contribution in [2.24, 2.45) is 0 Å². The summed E-state index contributed by atoms with van der Waals surface area (Å²) in [6, 6.07) is 5.46. The molecule has 2 aliphatic heterocycles. The average Bonchev–Trinajstić information content (AvgIpc) is 2.76. The summed E-state index contributed by atoms with van der Waals surface area (Å²) in [6.07, 6.45) is 0.641. The first-order valence-corrected chi connectivity index (χ1v) is 9.27. The molecule has 2 aromatic rings. The van der Waals surface area contributed by atoms with Gasteiger partial charge >= 0.3 is 11.9 Å². The van der Waals surface area contributed by atoms with E-state index in [0.29, 0.717) is 23.6 Å². The number of nitrogens with one attached hydrogen (secondary N) is 1. The average molecular weight is 390 g/mol. The Kier molecular flexibility index (Phi) is 4.44. The fraction of sp³-hybridized carbons (Fsp3) is 0.421. The Balaban J connectivity index is 1.95. The van der Waals surface area contributed by atoms with Gasteiger partial charge in [-0.05, 0) is 50.6 Å². The third-order valence-electron chi connectivity index (χ3n) is 4.87. The third kappa shape index (κ3) is 3.11. The summed E-state index contributed by atoms with van der Waals surface area (Å²) in [4.78, 5) is 24.4. The summed E-state index contributed by atoms with van der Waals surface area (Å²) in [5, 5.41) is 8.30. The molecule has 1 aromatic carbocycles. The first-order chi connectivity index (χ1) is 12.9. The van der Waals surface area contributed by atoms with Gasteiger partial charge in [0.1, 0.15) is 0 Å². The molecule has 1 N–H and O–H groups in total. The Bertz CT molecular complexity index is 919. The van der Waals surface area contributed by atoms with Gasteiger partial charge in [0.25, 0.3) is 5.79 Å². The molecule has 4 rings (SSSR count). The lowest BCUT2D eigenvalue weighted by Gasteiger charge is -2.32. The van der Waals surface area contributed by atoms with Crippen LogP contribution in [0, 0.1) is 13.8 Å². The summed E-state index contributed by atoms with van der Waals surface area (Å²) in [5.41, 5.74) is 4.00. The zero-order valence-electron chi connectivity index (χ0n) is 15.2. The Morgan fingerprint density at radius 2 is 1.85 bits per heavy atom. The van der Waals surface area contributed by atoms with Gasteiger partial charge in [0.2, 0.25) is 0 Å². The molecule has 0 radical (unpaired) electrons. The summed E-state index contributed by atoms with van der Waals surface area (Å²) < 4.78 is 13.1.